The molecule has 3 heteroatoms. The lowest BCUT2D eigenvalue weighted by molar-refractivity contribution is 0.128. The van der Waals surface area contributed by atoms with Crippen LogP contribution in [0.3, 0.4) is 0 Å². The highest BCUT2D eigenvalue weighted by atomic mass is 16.5. The van der Waals surface area contributed by atoms with Gasteiger partial charge in [-0.3, -0.25) is 0 Å². The fourth-order valence-corrected chi connectivity index (χ4v) is 1.19. The van der Waals surface area contributed by atoms with Gasteiger partial charge >= 0.3 is 0 Å². The van der Waals surface area contributed by atoms with Crippen molar-refractivity contribution in [3.8, 4) is 0 Å². The molecular weight excluding hydrogens is 130 g/mol. The Bertz CT molecular complexity index is 97.8. The molecule has 0 aromatic carbocycles. The second-order valence-electron chi connectivity index (χ2n) is 2.99. The van der Waals surface area contributed by atoms with E-state index in [2.05, 4.69) is 0 Å². The monoisotopic (exact) mass is 145 g/mol. The van der Waals surface area contributed by atoms with Crippen LogP contribution in [0.15, 0.2) is 0 Å². The predicted molar refractivity (Wildman–Crippen MR) is 38.7 cm³/mol. The maximum atomic E-state index is 8.89. The van der Waals surface area contributed by atoms with Crippen molar-refractivity contribution in [2.75, 3.05) is 19.8 Å². The molecule has 1 atom stereocenters. The number of ether oxygens (including phenoxy) is 1. The minimum atomic E-state index is -0.365. The first-order chi connectivity index (χ1) is 4.77. The Kier molecular flexibility index (Phi) is 2.65. The normalized spacial score (nSPS) is 35.4. The summed E-state index contributed by atoms with van der Waals surface area (Å²) in [5.41, 5.74) is 5.46. The van der Waals surface area contributed by atoms with E-state index in [1.807, 2.05) is 0 Å². The van der Waals surface area contributed by atoms with Crippen LogP contribution in [-0.4, -0.2) is 30.5 Å². The van der Waals surface area contributed by atoms with E-state index >= 15 is 0 Å². The number of nitrogens with two attached hydrogens (primary N) is 1. The van der Waals surface area contributed by atoms with Crippen LogP contribution in [-0.2, 0) is 4.74 Å². The lowest BCUT2D eigenvalue weighted by atomic mass is 9.93. The molecule has 0 bridgehead atoms. The van der Waals surface area contributed by atoms with Gasteiger partial charge in [0.05, 0.1) is 6.61 Å². The van der Waals surface area contributed by atoms with Gasteiger partial charge in [0.2, 0.25) is 0 Å². The maximum absolute atomic E-state index is 8.89. The largest absolute Gasteiger partial charge is 0.394 e. The van der Waals surface area contributed by atoms with Crippen LogP contribution in [0.5, 0.6) is 0 Å². The molecule has 1 saturated heterocycles. The average Bonchev–Trinajstić information content (AvgIpc) is 2.15. The van der Waals surface area contributed by atoms with Crippen molar-refractivity contribution >= 4 is 0 Å². The molecule has 0 radical (unpaired) electrons. The van der Waals surface area contributed by atoms with Crippen molar-refractivity contribution in [3.05, 3.63) is 0 Å². The Labute approximate surface area is 61.2 Å². The van der Waals surface area contributed by atoms with Gasteiger partial charge in [0.15, 0.2) is 0 Å². The smallest absolute Gasteiger partial charge is 0.0612 e. The number of hydrogen-bond donors (Lipinski definition) is 2. The molecule has 0 aliphatic carbocycles. The van der Waals surface area contributed by atoms with Crippen LogP contribution in [0, 0.1) is 0 Å². The third-order valence-electron chi connectivity index (χ3n) is 2.02. The van der Waals surface area contributed by atoms with E-state index in [1.54, 1.807) is 0 Å². The third kappa shape index (κ3) is 1.94. The van der Waals surface area contributed by atoms with E-state index < -0.39 is 0 Å². The van der Waals surface area contributed by atoms with E-state index in [0.717, 1.165) is 25.9 Å². The Morgan fingerprint density at radius 3 is 2.90 bits per heavy atom. The SMILES string of the molecule is NC1(CO)CCCOCC1. The topological polar surface area (TPSA) is 55.5 Å². The Morgan fingerprint density at radius 1 is 1.40 bits per heavy atom. The molecule has 0 amide bonds. The van der Waals surface area contributed by atoms with Crippen molar-refractivity contribution in [2.24, 2.45) is 5.73 Å². The van der Waals surface area contributed by atoms with Crippen LogP contribution in [0.4, 0.5) is 0 Å². The van der Waals surface area contributed by atoms with E-state index in [0.29, 0.717) is 6.61 Å². The fraction of sp³-hybridized carbons (Fsp3) is 1.00. The van der Waals surface area contributed by atoms with E-state index in [1.165, 1.54) is 0 Å². The van der Waals surface area contributed by atoms with E-state index in [-0.39, 0.29) is 12.1 Å². The van der Waals surface area contributed by atoms with Gasteiger partial charge in [0.1, 0.15) is 0 Å². The van der Waals surface area contributed by atoms with Crippen molar-refractivity contribution in [1.82, 2.24) is 0 Å². The molecular formula is C7H15NO2. The van der Waals surface area contributed by atoms with Crippen molar-refractivity contribution in [2.45, 2.75) is 24.8 Å². The standard InChI is InChI=1S/C7H15NO2/c8-7(6-9)2-1-4-10-5-3-7/h9H,1-6,8H2. The molecule has 10 heavy (non-hydrogen) atoms. The quantitative estimate of drug-likeness (QED) is 0.540. The van der Waals surface area contributed by atoms with Crippen molar-refractivity contribution in [3.63, 3.8) is 0 Å². The summed E-state index contributed by atoms with van der Waals surface area (Å²) in [4.78, 5) is 0. The molecule has 1 rings (SSSR count). The van der Waals surface area contributed by atoms with Gasteiger partial charge in [0.25, 0.3) is 0 Å². The molecule has 0 saturated carbocycles. The van der Waals surface area contributed by atoms with Crippen LogP contribution < -0.4 is 5.73 Å². The summed E-state index contributed by atoms with van der Waals surface area (Å²) >= 11 is 0. The van der Waals surface area contributed by atoms with Gasteiger partial charge in [0, 0.05) is 18.8 Å². The number of rotatable bonds is 1. The summed E-state index contributed by atoms with van der Waals surface area (Å²) in [6.45, 7) is 1.56. The molecule has 60 valence electrons. The van der Waals surface area contributed by atoms with Crippen LogP contribution in [0.25, 0.3) is 0 Å². The molecule has 1 unspecified atom stereocenters. The molecule has 1 heterocycles. The molecule has 3 nitrogen and oxygen atoms in total. The first-order valence-electron chi connectivity index (χ1n) is 3.74. The minimum absolute atomic E-state index is 0.0797. The fourth-order valence-electron chi connectivity index (χ4n) is 1.19. The van der Waals surface area contributed by atoms with Gasteiger partial charge in [-0.15, -0.1) is 0 Å². The summed E-state index contributed by atoms with van der Waals surface area (Å²) in [5, 5.41) is 8.89. The summed E-state index contributed by atoms with van der Waals surface area (Å²) in [7, 11) is 0. The third-order valence-corrected chi connectivity index (χ3v) is 2.02. The first kappa shape index (κ1) is 7.98. The van der Waals surface area contributed by atoms with Gasteiger partial charge in [-0.25, -0.2) is 0 Å². The molecule has 3 N–H and O–H groups in total. The molecule has 0 aromatic heterocycles. The highest BCUT2D eigenvalue weighted by molar-refractivity contribution is 4.84. The summed E-state index contributed by atoms with van der Waals surface area (Å²) < 4.78 is 5.20. The lowest BCUT2D eigenvalue weighted by Gasteiger charge is -2.23. The molecule has 1 aliphatic heterocycles. The van der Waals surface area contributed by atoms with Crippen molar-refractivity contribution < 1.29 is 9.84 Å². The zero-order valence-electron chi connectivity index (χ0n) is 6.18. The second-order valence-corrected chi connectivity index (χ2v) is 2.99. The van der Waals surface area contributed by atoms with Crippen molar-refractivity contribution in [1.29, 1.82) is 0 Å². The summed E-state index contributed by atoms with van der Waals surface area (Å²) in [6.07, 6.45) is 2.63. The highest BCUT2D eigenvalue weighted by Gasteiger charge is 2.24. The molecule has 0 aromatic rings. The van der Waals surface area contributed by atoms with E-state index in [4.69, 9.17) is 15.6 Å². The van der Waals surface area contributed by atoms with Crippen LogP contribution in [0.1, 0.15) is 19.3 Å². The van der Waals surface area contributed by atoms with E-state index in [9.17, 15) is 0 Å². The number of hydrogen-bond acceptors (Lipinski definition) is 3. The Morgan fingerprint density at radius 2 is 2.20 bits per heavy atom. The minimum Gasteiger partial charge on any atom is -0.394 e. The molecule has 0 spiro atoms. The molecule has 1 aliphatic rings. The summed E-state index contributed by atoms with van der Waals surface area (Å²) in [5.74, 6) is 0. The number of aliphatic hydroxyl groups excluding tert-OH is 1. The van der Waals surface area contributed by atoms with Gasteiger partial charge in [-0.05, 0) is 19.3 Å². The summed E-state index contributed by atoms with van der Waals surface area (Å²) in [6, 6.07) is 0. The maximum Gasteiger partial charge on any atom is 0.0612 e. The van der Waals surface area contributed by atoms with Gasteiger partial charge in [-0.1, -0.05) is 0 Å². The zero-order valence-corrected chi connectivity index (χ0v) is 6.18. The highest BCUT2D eigenvalue weighted by Crippen LogP contribution is 2.16. The van der Waals surface area contributed by atoms with Gasteiger partial charge in [-0.2, -0.15) is 0 Å². The first-order valence-corrected chi connectivity index (χ1v) is 3.74. The number of aliphatic hydroxyl groups is 1. The van der Waals surface area contributed by atoms with Crippen LogP contribution in [0.2, 0.25) is 0 Å². The Balaban J connectivity index is 2.41. The zero-order chi connectivity index (χ0) is 7.45. The lowest BCUT2D eigenvalue weighted by Crippen LogP contribution is -2.43. The van der Waals surface area contributed by atoms with Crippen LogP contribution >= 0.6 is 0 Å². The second kappa shape index (κ2) is 3.32. The molecule has 1 fully saturated rings. The average molecular weight is 145 g/mol. The van der Waals surface area contributed by atoms with Gasteiger partial charge < -0.3 is 15.6 Å². The predicted octanol–water partition coefficient (Wildman–Crippen LogP) is -0.123. The Hall–Kier alpha value is -0.120.